The Morgan fingerprint density at radius 1 is 0.621 bits per heavy atom. The third kappa shape index (κ3) is 5.98. The average molecular weight is 883 g/mol. The smallest absolute Gasteiger partial charge is 0.238 e. The minimum absolute atomic E-state index is 0.0577. The molecule has 3 fully saturated rings. The first-order chi connectivity index (χ1) is 28.1. The molecule has 5 aromatic rings. The lowest BCUT2D eigenvalue weighted by Gasteiger charge is -2.44. The van der Waals surface area contributed by atoms with Crippen LogP contribution in [0.15, 0.2) is 133 Å². The molecule has 11 heteroatoms. The summed E-state index contributed by atoms with van der Waals surface area (Å²) in [5, 5.41) is 10.8. The molecule has 0 bridgehead atoms. The van der Waals surface area contributed by atoms with Gasteiger partial charge in [0.25, 0.3) is 0 Å². The van der Waals surface area contributed by atoms with E-state index >= 15 is 0 Å². The molecule has 1 saturated carbocycles. The fourth-order valence-electron chi connectivity index (χ4n) is 9.44. The number of ether oxygens (including phenoxy) is 1. The molecule has 288 valence electrons. The number of anilines is 2. The molecule has 9 rings (SSSR count). The molecular formula is C47H35IN2O8. The van der Waals surface area contributed by atoms with Crippen LogP contribution < -0.4 is 14.5 Å². The zero-order valence-corrected chi connectivity index (χ0v) is 33.2. The fraction of sp³-hybridized carbons (Fsp3) is 0.191. The molecule has 2 saturated heterocycles. The summed E-state index contributed by atoms with van der Waals surface area (Å²) in [6.45, 7) is 0. The van der Waals surface area contributed by atoms with Crippen molar-refractivity contribution >= 4 is 69.2 Å². The van der Waals surface area contributed by atoms with E-state index in [1.165, 1.54) is 16.9 Å². The number of imide groups is 2. The average Bonchev–Trinajstić information content (AvgIpc) is 3.67. The van der Waals surface area contributed by atoms with Gasteiger partial charge in [0, 0.05) is 28.2 Å². The summed E-state index contributed by atoms with van der Waals surface area (Å²) in [6, 6.07) is 34.0. The highest BCUT2D eigenvalue weighted by Gasteiger charge is 2.62. The number of methoxy groups -OCH3 is 1. The van der Waals surface area contributed by atoms with Gasteiger partial charge in [0.2, 0.25) is 23.6 Å². The van der Waals surface area contributed by atoms with Gasteiger partial charge in [-0.3, -0.25) is 38.6 Å². The number of carbonyl (C=O) groups is 6. The van der Waals surface area contributed by atoms with Crippen molar-refractivity contribution in [2.75, 3.05) is 16.9 Å². The van der Waals surface area contributed by atoms with Gasteiger partial charge in [-0.2, -0.15) is 0 Å². The molecule has 4 amide bonds. The topological polar surface area (TPSA) is 138 Å². The van der Waals surface area contributed by atoms with Crippen LogP contribution in [0.1, 0.15) is 56.2 Å². The summed E-state index contributed by atoms with van der Waals surface area (Å²) in [5.74, 6) is -6.18. The van der Waals surface area contributed by atoms with E-state index in [4.69, 9.17) is 4.74 Å². The number of benzene rings is 5. The number of nitrogens with zero attached hydrogens (tertiary/aromatic N) is 2. The maximum absolute atomic E-state index is 14.7. The van der Waals surface area contributed by atoms with Crippen molar-refractivity contribution in [2.24, 2.45) is 29.6 Å². The number of rotatable bonds is 8. The Bertz CT molecular complexity index is 2570. The Kier molecular flexibility index (Phi) is 9.42. The van der Waals surface area contributed by atoms with Crippen LogP contribution in [0.3, 0.4) is 0 Å². The van der Waals surface area contributed by atoms with E-state index in [1.54, 1.807) is 109 Å². The third-order valence-electron chi connectivity index (χ3n) is 12.1. The van der Waals surface area contributed by atoms with Crippen LogP contribution >= 0.6 is 22.6 Å². The monoisotopic (exact) mass is 882 g/mol. The number of phenols is 1. The molecule has 2 aliphatic heterocycles. The van der Waals surface area contributed by atoms with Crippen molar-refractivity contribution in [1.29, 1.82) is 0 Å². The highest BCUT2D eigenvalue weighted by Crippen LogP contribution is 2.59. The zero-order valence-electron chi connectivity index (χ0n) is 31.1. The highest BCUT2D eigenvalue weighted by atomic mass is 127. The van der Waals surface area contributed by atoms with Crippen LogP contribution in [-0.4, -0.2) is 47.4 Å². The Hall–Kier alpha value is -6.21. The number of fused-ring (bicyclic) bond motifs is 4. The van der Waals surface area contributed by atoms with Crippen molar-refractivity contribution in [3.8, 4) is 11.5 Å². The number of ketones is 2. The molecule has 0 radical (unpaired) electrons. The van der Waals surface area contributed by atoms with Gasteiger partial charge in [0.1, 0.15) is 0 Å². The van der Waals surface area contributed by atoms with Gasteiger partial charge < -0.3 is 9.84 Å². The number of amides is 4. The molecule has 2 aliphatic carbocycles. The number of phenolic OH excluding ortho intramolecular Hbond substituents is 1. The van der Waals surface area contributed by atoms with Crippen molar-refractivity contribution < 1.29 is 38.6 Å². The second kappa shape index (κ2) is 14.6. The standard InChI is InChI=1S/C47H35IN2O8/c1-58-37-23-29(22-36(48)43(37)53)38-32-20-21-33-39(46(56)49(44(33)54)30-16-12-27(13-17-30)41(51)25-8-4-2-5-9-25)34(32)24-35-40(38)47(57)50(45(35)55)31-18-14-28(15-19-31)42(52)26-10-6-3-7-11-26/h2-20,22-23,33-35,38-40,53H,21,24H2,1H3/t33-,34+,35+,38-,39-,40+/m0/s1. The van der Waals surface area contributed by atoms with E-state index in [-0.39, 0.29) is 41.8 Å². The van der Waals surface area contributed by atoms with Gasteiger partial charge in [-0.1, -0.05) is 72.3 Å². The van der Waals surface area contributed by atoms with Gasteiger partial charge in [0.15, 0.2) is 23.1 Å². The van der Waals surface area contributed by atoms with Gasteiger partial charge in [0.05, 0.1) is 45.7 Å². The highest BCUT2D eigenvalue weighted by molar-refractivity contribution is 14.1. The lowest BCUT2D eigenvalue weighted by atomic mass is 9.57. The van der Waals surface area contributed by atoms with E-state index in [9.17, 15) is 33.9 Å². The molecule has 0 aromatic heterocycles. The molecule has 1 N–H and O–H groups in total. The quantitative estimate of drug-likeness (QED) is 0.0732. The Balaban J connectivity index is 1.07. The predicted octanol–water partition coefficient (Wildman–Crippen LogP) is 7.51. The fourth-order valence-corrected chi connectivity index (χ4v) is 10.1. The molecule has 5 aromatic carbocycles. The number of allylic oxidation sites excluding steroid dienone is 2. The molecular weight excluding hydrogens is 847 g/mol. The Morgan fingerprint density at radius 2 is 1.10 bits per heavy atom. The molecule has 2 heterocycles. The first-order valence-corrected chi connectivity index (χ1v) is 20.1. The molecule has 4 aliphatic rings. The molecule has 0 spiro atoms. The second-order valence-corrected chi connectivity index (χ2v) is 16.2. The largest absolute Gasteiger partial charge is 0.504 e. The predicted molar refractivity (Wildman–Crippen MR) is 223 cm³/mol. The number of carbonyl (C=O) groups excluding carboxylic acids is 6. The molecule has 58 heavy (non-hydrogen) atoms. The summed E-state index contributed by atoms with van der Waals surface area (Å²) in [6.07, 6.45) is 2.38. The summed E-state index contributed by atoms with van der Waals surface area (Å²) < 4.78 is 6.01. The van der Waals surface area contributed by atoms with Gasteiger partial charge in [-0.15, -0.1) is 0 Å². The van der Waals surface area contributed by atoms with Crippen LogP contribution in [-0.2, 0) is 19.2 Å². The first-order valence-electron chi connectivity index (χ1n) is 19.0. The van der Waals surface area contributed by atoms with Crippen LogP contribution in [0.4, 0.5) is 11.4 Å². The van der Waals surface area contributed by atoms with E-state index in [2.05, 4.69) is 0 Å². The van der Waals surface area contributed by atoms with Crippen LogP contribution in [0.2, 0.25) is 0 Å². The van der Waals surface area contributed by atoms with E-state index in [0.29, 0.717) is 42.8 Å². The van der Waals surface area contributed by atoms with Gasteiger partial charge >= 0.3 is 0 Å². The number of aromatic hydroxyl groups is 1. The Labute approximate surface area is 347 Å². The second-order valence-electron chi connectivity index (χ2n) is 15.1. The lowest BCUT2D eigenvalue weighted by Crippen LogP contribution is -2.43. The summed E-state index contributed by atoms with van der Waals surface area (Å²) in [4.78, 5) is 86.6. The maximum Gasteiger partial charge on any atom is 0.238 e. The number of halogens is 1. The normalized spacial score (nSPS) is 23.6. The van der Waals surface area contributed by atoms with E-state index in [0.717, 1.165) is 5.57 Å². The minimum atomic E-state index is -0.847. The van der Waals surface area contributed by atoms with Gasteiger partial charge in [-0.05, 0) is 108 Å². The lowest BCUT2D eigenvalue weighted by molar-refractivity contribution is -0.126. The van der Waals surface area contributed by atoms with Crippen molar-refractivity contribution in [3.63, 3.8) is 0 Å². The maximum atomic E-state index is 14.7. The number of hydrogen-bond acceptors (Lipinski definition) is 8. The third-order valence-corrected chi connectivity index (χ3v) is 12.9. The van der Waals surface area contributed by atoms with Crippen LogP contribution in [0.25, 0.3) is 0 Å². The Morgan fingerprint density at radius 3 is 1.62 bits per heavy atom. The van der Waals surface area contributed by atoms with Gasteiger partial charge in [-0.25, -0.2) is 0 Å². The van der Waals surface area contributed by atoms with Crippen molar-refractivity contribution in [3.05, 3.63) is 164 Å². The van der Waals surface area contributed by atoms with Crippen LogP contribution in [0.5, 0.6) is 11.5 Å². The van der Waals surface area contributed by atoms with E-state index in [1.807, 2.05) is 40.8 Å². The first kappa shape index (κ1) is 37.4. The molecule has 6 atom stereocenters. The van der Waals surface area contributed by atoms with Crippen molar-refractivity contribution in [1.82, 2.24) is 0 Å². The minimum Gasteiger partial charge on any atom is -0.504 e. The van der Waals surface area contributed by atoms with E-state index < -0.39 is 53.2 Å². The number of hydrogen-bond donors (Lipinski definition) is 1. The molecule has 10 nitrogen and oxygen atoms in total. The summed E-state index contributed by atoms with van der Waals surface area (Å²) in [5.41, 5.74) is 3.98. The van der Waals surface area contributed by atoms with Crippen LogP contribution in [0, 0.1) is 33.2 Å². The van der Waals surface area contributed by atoms with Crippen molar-refractivity contribution in [2.45, 2.75) is 18.8 Å². The summed E-state index contributed by atoms with van der Waals surface area (Å²) >= 11 is 2.00. The summed E-state index contributed by atoms with van der Waals surface area (Å²) in [7, 11) is 1.44. The molecule has 0 unspecified atom stereocenters. The zero-order chi connectivity index (χ0) is 40.4. The SMILES string of the molecule is COc1cc([C@H]2C3=CC[C@@H]4C(=O)N(c5ccc(C(=O)c6ccccc6)cc5)C(=O)[C@@H]4[C@@H]3C[C@H]3C(=O)N(c4ccc(C(=O)c5ccccc5)cc4)C(=O)[C@@H]23)cc(I)c1O.